The van der Waals surface area contributed by atoms with Gasteiger partial charge in [-0.3, -0.25) is 9.59 Å². The molecule has 26 heavy (non-hydrogen) atoms. The Labute approximate surface area is 159 Å². The monoisotopic (exact) mass is 420 g/mol. The number of hydrogen-bond acceptors (Lipinski definition) is 5. The lowest BCUT2D eigenvalue weighted by molar-refractivity contribution is -0.134. The van der Waals surface area contributed by atoms with Gasteiger partial charge in [-0.05, 0) is 48.2 Å². The number of nitrogens with zero attached hydrogens (tertiary/aromatic N) is 4. The number of carbonyl (C=O) groups is 2. The molecule has 4 heterocycles. The summed E-state index contributed by atoms with van der Waals surface area (Å²) >= 11 is 3.34. The van der Waals surface area contributed by atoms with Gasteiger partial charge in [0, 0.05) is 31.5 Å². The first-order valence-electron chi connectivity index (χ1n) is 8.94. The number of carbonyl (C=O) groups excluding carboxylic acids is 2. The molecule has 0 aromatic carbocycles. The number of hydrogen-bond donors (Lipinski definition) is 2. The topological polar surface area (TPSA) is 91.6 Å². The first-order chi connectivity index (χ1) is 12.6. The maximum Gasteiger partial charge on any atom is 0.256 e. The summed E-state index contributed by atoms with van der Waals surface area (Å²) in [5, 5.41) is 10.5. The van der Waals surface area contributed by atoms with Crippen molar-refractivity contribution in [1.29, 1.82) is 0 Å². The minimum atomic E-state index is -0.169. The lowest BCUT2D eigenvalue weighted by Gasteiger charge is -2.33. The second kappa shape index (κ2) is 7.32. The molecular formula is C17H21BrN6O2. The summed E-state index contributed by atoms with van der Waals surface area (Å²) in [6, 6.07) is 0.0406. The van der Waals surface area contributed by atoms with Gasteiger partial charge in [0.1, 0.15) is 5.56 Å². The van der Waals surface area contributed by atoms with Crippen LogP contribution in [0.5, 0.6) is 0 Å². The Hall–Kier alpha value is -2.00. The van der Waals surface area contributed by atoms with Gasteiger partial charge in [0.2, 0.25) is 5.91 Å². The highest BCUT2D eigenvalue weighted by Crippen LogP contribution is 2.17. The molecule has 2 amide bonds. The van der Waals surface area contributed by atoms with Gasteiger partial charge in [-0.1, -0.05) is 0 Å². The molecule has 2 N–H and O–H groups in total. The van der Waals surface area contributed by atoms with Crippen LogP contribution in [0.3, 0.4) is 0 Å². The first kappa shape index (κ1) is 17.4. The molecule has 0 radical (unpaired) electrons. The van der Waals surface area contributed by atoms with Gasteiger partial charge >= 0.3 is 0 Å². The average molecular weight is 421 g/mol. The standard InChI is InChI=1S/C17H21BrN6O2/c18-11-8-20-15-13(9-21-24(15)10-11)16(25)22-12-3-6-23(7-4-12)17(26)14-2-1-5-19-14/h8-10,12,14,19H,1-7H2,(H,22,25)/t14-/m0/s1. The van der Waals surface area contributed by atoms with Crippen LogP contribution in [-0.2, 0) is 4.79 Å². The SMILES string of the molecule is O=C(NC1CCN(C(=O)[C@@H]2CCCN2)CC1)c1cnn2cc(Br)cnc12. The molecular weight excluding hydrogens is 400 g/mol. The third kappa shape index (κ3) is 3.45. The van der Waals surface area contributed by atoms with Crippen LogP contribution in [0.25, 0.3) is 5.65 Å². The van der Waals surface area contributed by atoms with Crippen LogP contribution in [0.15, 0.2) is 23.1 Å². The van der Waals surface area contributed by atoms with E-state index >= 15 is 0 Å². The summed E-state index contributed by atoms with van der Waals surface area (Å²) in [5.41, 5.74) is 0.997. The predicted octanol–water partition coefficient (Wildman–Crippen LogP) is 0.965. The third-order valence-electron chi connectivity index (χ3n) is 5.07. The zero-order chi connectivity index (χ0) is 18.1. The number of halogens is 1. The summed E-state index contributed by atoms with van der Waals surface area (Å²) in [5.74, 6) is 0.0294. The molecule has 2 aliphatic heterocycles. The van der Waals surface area contributed by atoms with E-state index in [0.717, 1.165) is 36.7 Å². The smallest absolute Gasteiger partial charge is 0.256 e. The fraction of sp³-hybridized carbons (Fsp3) is 0.529. The Morgan fingerprint density at radius 3 is 2.77 bits per heavy atom. The normalized spacial score (nSPS) is 21.3. The Morgan fingerprint density at radius 1 is 1.23 bits per heavy atom. The van der Waals surface area contributed by atoms with Crippen LogP contribution in [0.4, 0.5) is 0 Å². The van der Waals surface area contributed by atoms with Crippen molar-refractivity contribution in [3.05, 3.63) is 28.6 Å². The van der Waals surface area contributed by atoms with Crippen molar-refractivity contribution in [2.24, 2.45) is 0 Å². The Kier molecular flexibility index (Phi) is 4.90. The van der Waals surface area contributed by atoms with E-state index in [1.54, 1.807) is 16.9 Å². The maximum absolute atomic E-state index is 12.6. The van der Waals surface area contributed by atoms with E-state index in [2.05, 4.69) is 36.6 Å². The van der Waals surface area contributed by atoms with Crippen molar-refractivity contribution in [3.8, 4) is 0 Å². The van der Waals surface area contributed by atoms with Gasteiger partial charge in [0.25, 0.3) is 5.91 Å². The molecule has 2 aromatic rings. The van der Waals surface area contributed by atoms with Crippen molar-refractivity contribution in [3.63, 3.8) is 0 Å². The Morgan fingerprint density at radius 2 is 2.04 bits per heavy atom. The predicted molar refractivity (Wildman–Crippen MR) is 98.8 cm³/mol. The van der Waals surface area contributed by atoms with Gasteiger partial charge < -0.3 is 15.5 Å². The van der Waals surface area contributed by atoms with Gasteiger partial charge in [-0.2, -0.15) is 5.10 Å². The lowest BCUT2D eigenvalue weighted by atomic mass is 10.0. The molecule has 0 aliphatic carbocycles. The number of fused-ring (bicyclic) bond motifs is 1. The van der Waals surface area contributed by atoms with Crippen LogP contribution >= 0.6 is 15.9 Å². The van der Waals surface area contributed by atoms with E-state index in [1.807, 2.05) is 4.90 Å². The zero-order valence-electron chi connectivity index (χ0n) is 14.3. The molecule has 8 nitrogen and oxygen atoms in total. The highest BCUT2D eigenvalue weighted by atomic mass is 79.9. The zero-order valence-corrected chi connectivity index (χ0v) is 15.9. The van der Waals surface area contributed by atoms with E-state index in [9.17, 15) is 9.59 Å². The van der Waals surface area contributed by atoms with Crippen LogP contribution in [-0.4, -0.2) is 63.0 Å². The first-order valence-corrected chi connectivity index (χ1v) is 9.73. The summed E-state index contributed by atoms with van der Waals surface area (Å²) < 4.78 is 2.38. The molecule has 4 rings (SSSR count). The number of likely N-dealkylation sites (tertiary alicyclic amines) is 1. The highest BCUT2D eigenvalue weighted by Gasteiger charge is 2.30. The van der Waals surface area contributed by atoms with Crippen molar-refractivity contribution in [2.45, 2.75) is 37.8 Å². The molecule has 0 saturated carbocycles. The van der Waals surface area contributed by atoms with Crippen molar-refractivity contribution < 1.29 is 9.59 Å². The highest BCUT2D eigenvalue weighted by molar-refractivity contribution is 9.10. The molecule has 9 heteroatoms. The average Bonchev–Trinajstić information content (AvgIpc) is 3.31. The third-order valence-corrected chi connectivity index (χ3v) is 5.48. The van der Waals surface area contributed by atoms with E-state index in [0.29, 0.717) is 24.3 Å². The minimum Gasteiger partial charge on any atom is -0.349 e. The second-order valence-electron chi connectivity index (χ2n) is 6.82. The molecule has 1 atom stereocenters. The molecule has 2 aliphatic rings. The second-order valence-corrected chi connectivity index (χ2v) is 7.74. The molecule has 0 unspecified atom stereocenters. The number of piperidine rings is 1. The summed E-state index contributed by atoms with van der Waals surface area (Å²) in [7, 11) is 0. The van der Waals surface area contributed by atoms with Gasteiger partial charge in [-0.25, -0.2) is 9.50 Å². The largest absolute Gasteiger partial charge is 0.349 e. The number of nitrogens with one attached hydrogen (secondary N) is 2. The summed E-state index contributed by atoms with van der Waals surface area (Å²) in [6.07, 6.45) is 8.47. The quantitative estimate of drug-likeness (QED) is 0.771. The van der Waals surface area contributed by atoms with Crippen LogP contribution in [0.1, 0.15) is 36.0 Å². The van der Waals surface area contributed by atoms with Gasteiger partial charge in [0.15, 0.2) is 5.65 Å². The molecule has 0 bridgehead atoms. The van der Waals surface area contributed by atoms with Crippen LogP contribution in [0, 0.1) is 0 Å². The number of rotatable bonds is 3. The summed E-state index contributed by atoms with van der Waals surface area (Å²) in [4.78, 5) is 31.2. The van der Waals surface area contributed by atoms with E-state index in [-0.39, 0.29) is 23.9 Å². The molecule has 0 spiro atoms. The fourth-order valence-corrected chi connectivity index (χ4v) is 3.93. The van der Waals surface area contributed by atoms with Crippen molar-refractivity contribution in [2.75, 3.05) is 19.6 Å². The maximum atomic E-state index is 12.6. The fourth-order valence-electron chi connectivity index (χ4n) is 3.64. The Balaban J connectivity index is 1.35. The van der Waals surface area contributed by atoms with Crippen LogP contribution < -0.4 is 10.6 Å². The number of aromatic nitrogens is 3. The van der Waals surface area contributed by atoms with Crippen molar-refractivity contribution in [1.82, 2.24) is 30.1 Å². The van der Waals surface area contributed by atoms with Gasteiger partial charge in [0.05, 0.1) is 16.7 Å². The van der Waals surface area contributed by atoms with Gasteiger partial charge in [-0.15, -0.1) is 0 Å². The summed E-state index contributed by atoms with van der Waals surface area (Å²) in [6.45, 7) is 2.29. The molecule has 2 saturated heterocycles. The molecule has 138 valence electrons. The van der Waals surface area contributed by atoms with Crippen LogP contribution in [0.2, 0.25) is 0 Å². The minimum absolute atomic E-state index is 0.0229. The molecule has 2 aromatic heterocycles. The Bertz CT molecular complexity index is 824. The van der Waals surface area contributed by atoms with Crippen molar-refractivity contribution >= 4 is 33.4 Å². The molecule has 2 fully saturated rings. The van der Waals surface area contributed by atoms with E-state index < -0.39 is 0 Å². The van der Waals surface area contributed by atoms with E-state index in [4.69, 9.17) is 0 Å². The lowest BCUT2D eigenvalue weighted by Crippen LogP contribution is -2.50. The number of amides is 2. The van der Waals surface area contributed by atoms with E-state index in [1.165, 1.54) is 6.20 Å².